The molecule has 0 unspecified atom stereocenters. The summed E-state index contributed by atoms with van der Waals surface area (Å²) in [5.41, 5.74) is 1.73. The Morgan fingerprint density at radius 2 is 1.59 bits per heavy atom. The summed E-state index contributed by atoms with van der Waals surface area (Å²) in [4.78, 5) is 28.6. The minimum Gasteiger partial charge on any atom is -0.354 e. The smallest absolute Gasteiger partial charge is 0.264 e. The summed E-state index contributed by atoms with van der Waals surface area (Å²) in [6.07, 6.45) is 1.07. The fourth-order valence-corrected chi connectivity index (χ4v) is 6.02. The van der Waals surface area contributed by atoms with E-state index in [4.69, 9.17) is 23.2 Å². The molecule has 0 heterocycles. The molecular formula is C29H33Cl2N3O4S. The first-order valence-electron chi connectivity index (χ1n) is 12.7. The third-order valence-electron chi connectivity index (χ3n) is 6.27. The Hall–Kier alpha value is -3.07. The quantitative estimate of drug-likeness (QED) is 0.288. The molecule has 0 saturated carbocycles. The molecule has 3 aromatic rings. The summed E-state index contributed by atoms with van der Waals surface area (Å²) in [7, 11) is -4.11. The van der Waals surface area contributed by atoms with Crippen molar-refractivity contribution in [3.8, 4) is 0 Å². The number of anilines is 1. The van der Waals surface area contributed by atoms with Crippen molar-refractivity contribution < 1.29 is 18.0 Å². The maximum absolute atomic E-state index is 14.0. The van der Waals surface area contributed by atoms with Gasteiger partial charge in [0.15, 0.2) is 0 Å². The Bertz CT molecular complexity index is 1400. The zero-order valence-corrected chi connectivity index (χ0v) is 24.6. The van der Waals surface area contributed by atoms with Gasteiger partial charge in [0.1, 0.15) is 12.6 Å². The van der Waals surface area contributed by atoms with Crippen molar-refractivity contribution in [2.75, 3.05) is 17.4 Å². The van der Waals surface area contributed by atoms with Crippen LogP contribution in [0.1, 0.15) is 37.8 Å². The molecule has 1 atom stereocenters. The summed E-state index contributed by atoms with van der Waals surface area (Å²) >= 11 is 12.3. The minimum atomic E-state index is -4.11. The Morgan fingerprint density at radius 1 is 0.923 bits per heavy atom. The molecule has 0 aliphatic rings. The highest BCUT2D eigenvalue weighted by Crippen LogP contribution is 2.28. The predicted molar refractivity (Wildman–Crippen MR) is 157 cm³/mol. The van der Waals surface area contributed by atoms with Gasteiger partial charge in [0, 0.05) is 13.1 Å². The standard InChI is InChI=1S/C29H33Cl2N3O4S/c1-4-17-32-29(36)26(5-2)33(19-22-15-16-24(30)25(31)18-22)28(35)20-34(27-14-10-9-11-21(27)3)39(37,38)23-12-7-6-8-13-23/h6-16,18,26H,4-5,17,19-20H2,1-3H3,(H,32,36)/t26-/m0/s1. The van der Waals surface area contributed by atoms with E-state index in [1.807, 2.05) is 13.8 Å². The summed E-state index contributed by atoms with van der Waals surface area (Å²) in [5, 5.41) is 3.55. The topological polar surface area (TPSA) is 86.8 Å². The maximum atomic E-state index is 14.0. The number of carbonyl (C=O) groups excluding carboxylic acids is 2. The lowest BCUT2D eigenvalue weighted by molar-refractivity contribution is -0.140. The monoisotopic (exact) mass is 589 g/mol. The second kappa shape index (κ2) is 13.8. The van der Waals surface area contributed by atoms with Crippen molar-refractivity contribution in [2.24, 2.45) is 0 Å². The van der Waals surface area contributed by atoms with Crippen LogP contribution in [0.5, 0.6) is 0 Å². The zero-order valence-electron chi connectivity index (χ0n) is 22.2. The number of halogens is 2. The van der Waals surface area contributed by atoms with Crippen molar-refractivity contribution in [1.82, 2.24) is 10.2 Å². The van der Waals surface area contributed by atoms with Gasteiger partial charge in [-0.25, -0.2) is 8.42 Å². The van der Waals surface area contributed by atoms with Gasteiger partial charge >= 0.3 is 0 Å². The Labute approximate surface area is 240 Å². The Kier molecular flexibility index (Phi) is 10.8. The third kappa shape index (κ3) is 7.53. The first-order chi connectivity index (χ1) is 18.6. The number of sulfonamides is 1. The SMILES string of the molecule is CCCNC(=O)[C@H](CC)N(Cc1ccc(Cl)c(Cl)c1)C(=O)CN(c1ccccc1C)S(=O)(=O)c1ccccc1. The van der Waals surface area contributed by atoms with Crippen LogP contribution in [0.4, 0.5) is 5.69 Å². The number of hydrogen-bond donors (Lipinski definition) is 1. The second-order valence-electron chi connectivity index (χ2n) is 9.10. The number of rotatable bonds is 12. The van der Waals surface area contributed by atoms with E-state index in [9.17, 15) is 18.0 Å². The van der Waals surface area contributed by atoms with Gasteiger partial charge < -0.3 is 10.2 Å². The van der Waals surface area contributed by atoms with Crippen LogP contribution in [0.25, 0.3) is 0 Å². The Balaban J connectivity index is 2.06. The molecule has 3 rings (SSSR count). The van der Waals surface area contributed by atoms with Crippen LogP contribution in [0.15, 0.2) is 77.7 Å². The van der Waals surface area contributed by atoms with Gasteiger partial charge in [0.2, 0.25) is 11.8 Å². The number of carbonyl (C=O) groups is 2. The molecule has 0 aliphatic heterocycles. The summed E-state index contributed by atoms with van der Waals surface area (Å²) in [6, 6.07) is 19.1. The van der Waals surface area contributed by atoms with Crippen LogP contribution in [0.3, 0.4) is 0 Å². The predicted octanol–water partition coefficient (Wildman–Crippen LogP) is 5.83. The molecule has 0 fully saturated rings. The molecule has 3 aromatic carbocycles. The van der Waals surface area contributed by atoms with Crippen LogP contribution in [0.2, 0.25) is 10.0 Å². The van der Waals surface area contributed by atoms with Crippen molar-refractivity contribution >= 4 is 50.7 Å². The lowest BCUT2D eigenvalue weighted by atomic mass is 10.1. The summed E-state index contributed by atoms with van der Waals surface area (Å²) < 4.78 is 28.8. The normalized spacial score (nSPS) is 12.0. The molecule has 1 N–H and O–H groups in total. The molecule has 0 aliphatic carbocycles. The number of hydrogen-bond acceptors (Lipinski definition) is 4. The van der Waals surface area contributed by atoms with E-state index in [2.05, 4.69) is 5.32 Å². The lowest BCUT2D eigenvalue weighted by Gasteiger charge is -2.33. The van der Waals surface area contributed by atoms with E-state index in [1.165, 1.54) is 17.0 Å². The van der Waals surface area contributed by atoms with Crippen molar-refractivity contribution in [3.05, 3.63) is 94.0 Å². The average molecular weight is 591 g/mol. The van der Waals surface area contributed by atoms with E-state index < -0.39 is 28.5 Å². The second-order valence-corrected chi connectivity index (χ2v) is 11.8. The van der Waals surface area contributed by atoms with E-state index in [0.717, 1.165) is 10.7 Å². The maximum Gasteiger partial charge on any atom is 0.264 e. The van der Waals surface area contributed by atoms with Crippen molar-refractivity contribution in [2.45, 2.75) is 51.1 Å². The number of benzene rings is 3. The molecule has 2 amide bonds. The van der Waals surface area contributed by atoms with Gasteiger partial charge in [-0.1, -0.05) is 79.5 Å². The van der Waals surface area contributed by atoms with E-state index >= 15 is 0 Å². The molecule has 0 saturated heterocycles. The molecule has 10 heteroatoms. The first-order valence-corrected chi connectivity index (χ1v) is 14.9. The summed E-state index contributed by atoms with van der Waals surface area (Å²) in [6.45, 7) is 5.54. The summed E-state index contributed by atoms with van der Waals surface area (Å²) in [5.74, 6) is -0.830. The number of amides is 2. The van der Waals surface area contributed by atoms with Crippen LogP contribution in [0, 0.1) is 6.92 Å². The molecule has 0 radical (unpaired) electrons. The number of aryl methyl sites for hydroxylation is 1. The van der Waals surface area contributed by atoms with E-state index in [0.29, 0.717) is 39.8 Å². The molecule has 39 heavy (non-hydrogen) atoms. The Morgan fingerprint density at radius 3 is 2.21 bits per heavy atom. The number of nitrogens with one attached hydrogen (secondary N) is 1. The molecule has 0 bridgehead atoms. The van der Waals surface area contributed by atoms with Gasteiger partial charge in [-0.2, -0.15) is 0 Å². The van der Waals surface area contributed by atoms with Gasteiger partial charge in [0.05, 0.1) is 20.6 Å². The third-order valence-corrected chi connectivity index (χ3v) is 8.78. The van der Waals surface area contributed by atoms with Crippen LogP contribution < -0.4 is 9.62 Å². The van der Waals surface area contributed by atoms with Gasteiger partial charge in [-0.3, -0.25) is 13.9 Å². The van der Waals surface area contributed by atoms with E-state index in [1.54, 1.807) is 67.6 Å². The van der Waals surface area contributed by atoms with E-state index in [-0.39, 0.29) is 17.3 Å². The fraction of sp³-hybridized carbons (Fsp3) is 0.310. The number of nitrogens with zero attached hydrogens (tertiary/aromatic N) is 2. The van der Waals surface area contributed by atoms with Crippen molar-refractivity contribution in [3.63, 3.8) is 0 Å². The molecule has 7 nitrogen and oxygen atoms in total. The highest BCUT2D eigenvalue weighted by molar-refractivity contribution is 7.92. The molecular weight excluding hydrogens is 557 g/mol. The molecule has 208 valence electrons. The van der Waals surface area contributed by atoms with Crippen LogP contribution >= 0.6 is 23.2 Å². The first kappa shape index (κ1) is 30.5. The van der Waals surface area contributed by atoms with Crippen molar-refractivity contribution in [1.29, 1.82) is 0 Å². The molecule has 0 spiro atoms. The average Bonchev–Trinajstić information content (AvgIpc) is 2.93. The van der Waals surface area contributed by atoms with Crippen LogP contribution in [-0.4, -0.2) is 44.3 Å². The highest BCUT2D eigenvalue weighted by Gasteiger charge is 2.34. The largest absolute Gasteiger partial charge is 0.354 e. The molecule has 0 aromatic heterocycles. The number of para-hydroxylation sites is 1. The lowest BCUT2D eigenvalue weighted by Crippen LogP contribution is -2.52. The highest BCUT2D eigenvalue weighted by atomic mass is 35.5. The van der Waals surface area contributed by atoms with Gasteiger partial charge in [-0.15, -0.1) is 0 Å². The van der Waals surface area contributed by atoms with Gasteiger partial charge in [-0.05, 0) is 61.2 Å². The minimum absolute atomic E-state index is 0.0424. The fourth-order valence-electron chi connectivity index (χ4n) is 4.20. The van der Waals surface area contributed by atoms with Crippen LogP contribution in [-0.2, 0) is 26.2 Å². The van der Waals surface area contributed by atoms with Gasteiger partial charge in [0.25, 0.3) is 10.0 Å². The zero-order chi connectivity index (χ0) is 28.6.